The lowest BCUT2D eigenvalue weighted by Crippen LogP contribution is -2.33. The molecule has 1 saturated carbocycles. The quantitative estimate of drug-likeness (QED) is 0.599. The van der Waals surface area contributed by atoms with Crippen molar-refractivity contribution in [2.45, 2.75) is 50.0 Å². The SMILES string of the molecule is CCOc1ccc(S(=O)(=O)NC(=NC2CCCCC2)c2ccccc2)cc1. The van der Waals surface area contributed by atoms with Gasteiger partial charge in [0.05, 0.1) is 17.5 Å². The first kappa shape index (κ1) is 19.4. The molecule has 0 saturated heterocycles. The van der Waals surface area contributed by atoms with Crippen LogP contribution in [-0.2, 0) is 10.0 Å². The maximum absolute atomic E-state index is 12.9. The average molecular weight is 387 g/mol. The van der Waals surface area contributed by atoms with Crippen molar-refractivity contribution in [1.29, 1.82) is 0 Å². The number of nitrogens with one attached hydrogen (secondary N) is 1. The summed E-state index contributed by atoms with van der Waals surface area (Å²) in [4.78, 5) is 4.96. The number of ether oxygens (including phenoxy) is 1. The number of hydrogen-bond acceptors (Lipinski definition) is 4. The monoisotopic (exact) mass is 386 g/mol. The Balaban J connectivity index is 1.87. The Morgan fingerprint density at radius 1 is 1.04 bits per heavy atom. The Hall–Kier alpha value is -2.34. The normalized spacial score (nSPS) is 16.1. The predicted molar refractivity (Wildman–Crippen MR) is 108 cm³/mol. The maximum atomic E-state index is 12.9. The van der Waals surface area contributed by atoms with Crippen molar-refractivity contribution in [1.82, 2.24) is 4.72 Å². The first-order valence-corrected chi connectivity index (χ1v) is 11.0. The second-order valence-corrected chi connectivity index (χ2v) is 8.33. The minimum atomic E-state index is -3.73. The molecule has 27 heavy (non-hydrogen) atoms. The second kappa shape index (κ2) is 9.04. The lowest BCUT2D eigenvalue weighted by atomic mass is 9.96. The first-order chi connectivity index (χ1) is 13.1. The zero-order valence-electron chi connectivity index (χ0n) is 15.6. The largest absolute Gasteiger partial charge is 0.494 e. The fourth-order valence-electron chi connectivity index (χ4n) is 3.22. The second-order valence-electron chi connectivity index (χ2n) is 6.65. The summed E-state index contributed by atoms with van der Waals surface area (Å²) >= 11 is 0. The van der Waals surface area contributed by atoms with E-state index in [4.69, 9.17) is 9.73 Å². The van der Waals surface area contributed by atoms with Crippen LogP contribution in [0.25, 0.3) is 0 Å². The van der Waals surface area contributed by atoms with E-state index in [1.54, 1.807) is 24.3 Å². The lowest BCUT2D eigenvalue weighted by Gasteiger charge is -2.20. The average Bonchev–Trinajstić information content (AvgIpc) is 2.69. The molecule has 1 N–H and O–H groups in total. The molecule has 1 fully saturated rings. The zero-order chi connectivity index (χ0) is 19.1. The van der Waals surface area contributed by atoms with Crippen LogP contribution in [0.5, 0.6) is 5.75 Å². The molecule has 0 unspecified atom stereocenters. The highest BCUT2D eigenvalue weighted by atomic mass is 32.2. The topological polar surface area (TPSA) is 67.8 Å². The van der Waals surface area contributed by atoms with Gasteiger partial charge in [-0.05, 0) is 44.0 Å². The molecule has 144 valence electrons. The highest BCUT2D eigenvalue weighted by molar-refractivity contribution is 7.90. The number of rotatable bonds is 6. The summed E-state index contributed by atoms with van der Waals surface area (Å²) in [5.74, 6) is 1.06. The van der Waals surface area contributed by atoms with Crippen LogP contribution in [-0.4, -0.2) is 26.9 Å². The van der Waals surface area contributed by atoms with Gasteiger partial charge in [-0.3, -0.25) is 9.71 Å². The van der Waals surface area contributed by atoms with Crippen LogP contribution in [0.1, 0.15) is 44.6 Å². The fraction of sp³-hybridized carbons (Fsp3) is 0.381. The van der Waals surface area contributed by atoms with E-state index in [1.807, 2.05) is 37.3 Å². The van der Waals surface area contributed by atoms with E-state index in [9.17, 15) is 8.42 Å². The van der Waals surface area contributed by atoms with Crippen molar-refractivity contribution in [2.24, 2.45) is 4.99 Å². The highest BCUT2D eigenvalue weighted by Gasteiger charge is 2.20. The Bertz CT molecular complexity index is 856. The highest BCUT2D eigenvalue weighted by Crippen LogP contribution is 2.22. The molecule has 5 nitrogen and oxygen atoms in total. The molecule has 3 rings (SSSR count). The number of aliphatic imine (C=N–C) groups is 1. The van der Waals surface area contributed by atoms with E-state index in [0.717, 1.165) is 31.2 Å². The van der Waals surface area contributed by atoms with Gasteiger partial charge in [-0.2, -0.15) is 0 Å². The summed E-state index contributed by atoms with van der Waals surface area (Å²) in [6, 6.07) is 16.0. The van der Waals surface area contributed by atoms with Gasteiger partial charge in [0.2, 0.25) is 0 Å². The van der Waals surface area contributed by atoms with Gasteiger partial charge < -0.3 is 4.74 Å². The Morgan fingerprint density at radius 2 is 1.70 bits per heavy atom. The van der Waals surface area contributed by atoms with Gasteiger partial charge in [0.1, 0.15) is 11.6 Å². The summed E-state index contributed by atoms with van der Waals surface area (Å²) in [6.07, 6.45) is 5.51. The van der Waals surface area contributed by atoms with Crippen molar-refractivity contribution in [3.8, 4) is 5.75 Å². The van der Waals surface area contributed by atoms with Crippen molar-refractivity contribution >= 4 is 15.9 Å². The fourth-order valence-corrected chi connectivity index (χ4v) is 4.25. The van der Waals surface area contributed by atoms with Gasteiger partial charge in [0.15, 0.2) is 0 Å². The molecule has 1 aliphatic rings. The Morgan fingerprint density at radius 3 is 2.33 bits per heavy atom. The van der Waals surface area contributed by atoms with Crippen molar-refractivity contribution in [3.63, 3.8) is 0 Å². The summed E-state index contributed by atoms with van der Waals surface area (Å²) in [5.41, 5.74) is 0.776. The Labute approximate surface area is 161 Å². The van der Waals surface area contributed by atoms with E-state index in [1.165, 1.54) is 6.42 Å². The van der Waals surface area contributed by atoms with Crippen molar-refractivity contribution in [3.05, 3.63) is 60.2 Å². The van der Waals surface area contributed by atoms with E-state index in [-0.39, 0.29) is 10.9 Å². The summed E-state index contributed by atoms with van der Waals surface area (Å²) in [7, 11) is -3.73. The molecule has 6 heteroatoms. The predicted octanol–water partition coefficient (Wildman–Crippen LogP) is 4.14. The van der Waals surface area contributed by atoms with Gasteiger partial charge >= 0.3 is 0 Å². The molecular weight excluding hydrogens is 360 g/mol. The van der Waals surface area contributed by atoms with Crippen molar-refractivity contribution < 1.29 is 13.2 Å². The van der Waals surface area contributed by atoms with Gasteiger partial charge in [0, 0.05) is 5.56 Å². The van der Waals surface area contributed by atoms with Crippen molar-refractivity contribution in [2.75, 3.05) is 6.61 Å². The third-order valence-electron chi connectivity index (χ3n) is 4.61. The minimum absolute atomic E-state index is 0.164. The molecule has 2 aromatic rings. The van der Waals surface area contributed by atoms with Gasteiger partial charge in [-0.15, -0.1) is 0 Å². The lowest BCUT2D eigenvalue weighted by molar-refractivity contribution is 0.340. The molecule has 0 atom stereocenters. The van der Waals surface area contributed by atoms with Crippen LogP contribution in [0, 0.1) is 0 Å². The van der Waals surface area contributed by atoms with E-state index < -0.39 is 10.0 Å². The molecule has 0 bridgehead atoms. The minimum Gasteiger partial charge on any atom is -0.494 e. The molecular formula is C21H26N2O3S. The number of nitrogens with zero attached hydrogens (tertiary/aromatic N) is 1. The van der Waals surface area contributed by atoms with Crippen LogP contribution in [0.2, 0.25) is 0 Å². The van der Waals surface area contributed by atoms with Gasteiger partial charge in [-0.25, -0.2) is 8.42 Å². The summed E-state index contributed by atoms with van der Waals surface area (Å²) in [6.45, 7) is 2.43. The third-order valence-corrected chi connectivity index (χ3v) is 5.96. The van der Waals surface area contributed by atoms with Crippen LogP contribution in [0.3, 0.4) is 0 Å². The Kier molecular flexibility index (Phi) is 6.50. The standard InChI is InChI=1S/C21H26N2O3S/c1-2-26-19-13-15-20(16-14-19)27(24,25)23-21(17-9-5-3-6-10-17)22-18-11-7-4-8-12-18/h3,5-6,9-10,13-16,18H,2,4,7-8,11-12H2,1H3,(H,22,23). The summed E-state index contributed by atoms with van der Waals surface area (Å²) in [5, 5.41) is 0. The zero-order valence-corrected chi connectivity index (χ0v) is 16.4. The molecule has 0 aliphatic heterocycles. The number of amidine groups is 1. The third kappa shape index (κ3) is 5.32. The van der Waals surface area contributed by atoms with E-state index in [0.29, 0.717) is 18.2 Å². The smallest absolute Gasteiger partial charge is 0.263 e. The molecule has 0 aromatic heterocycles. The number of hydrogen-bond donors (Lipinski definition) is 1. The molecule has 2 aromatic carbocycles. The van der Waals surface area contributed by atoms with E-state index in [2.05, 4.69) is 4.72 Å². The molecule has 0 heterocycles. The number of sulfonamides is 1. The molecule has 0 amide bonds. The molecule has 0 spiro atoms. The van der Waals surface area contributed by atoms with Crippen LogP contribution < -0.4 is 9.46 Å². The molecule has 0 radical (unpaired) electrons. The first-order valence-electron chi connectivity index (χ1n) is 9.47. The van der Waals surface area contributed by atoms with Crippen LogP contribution in [0.4, 0.5) is 0 Å². The molecule has 1 aliphatic carbocycles. The maximum Gasteiger partial charge on any atom is 0.263 e. The van der Waals surface area contributed by atoms with E-state index >= 15 is 0 Å². The van der Waals surface area contributed by atoms with Gasteiger partial charge in [-0.1, -0.05) is 49.6 Å². The summed E-state index contributed by atoms with van der Waals surface area (Å²) < 4.78 is 33.9. The van der Waals surface area contributed by atoms with Crippen LogP contribution in [0.15, 0.2) is 64.5 Å². The van der Waals surface area contributed by atoms with Gasteiger partial charge in [0.25, 0.3) is 10.0 Å². The number of benzene rings is 2. The van der Waals surface area contributed by atoms with Crippen LogP contribution >= 0.6 is 0 Å².